The summed E-state index contributed by atoms with van der Waals surface area (Å²) in [7, 11) is -2.16. The molecule has 146 valence electrons. The van der Waals surface area contributed by atoms with E-state index in [4.69, 9.17) is 4.74 Å². The van der Waals surface area contributed by atoms with Crippen LogP contribution in [0.3, 0.4) is 0 Å². The zero-order valence-corrected chi connectivity index (χ0v) is 17.1. The molecule has 1 N–H and O–H groups in total. The summed E-state index contributed by atoms with van der Waals surface area (Å²) in [6, 6.07) is 17.4. The van der Waals surface area contributed by atoms with Crippen molar-refractivity contribution in [3.63, 3.8) is 0 Å². The second-order valence-corrected chi connectivity index (χ2v) is 7.61. The van der Waals surface area contributed by atoms with Gasteiger partial charge in [0, 0.05) is 11.9 Å². The van der Waals surface area contributed by atoms with Crippen LogP contribution in [0.4, 0.5) is 5.69 Å². The number of hydrogen-bond acceptors (Lipinski definition) is 4. The number of aromatic nitrogens is 1. The molecule has 2 aromatic carbocycles. The van der Waals surface area contributed by atoms with E-state index < -0.39 is 10.0 Å². The topological polar surface area (TPSA) is 68.3 Å². The first kappa shape index (κ1) is 21.5. The molecule has 7 heteroatoms. The number of nitrogens with zero attached hydrogens (tertiary/aromatic N) is 1. The highest BCUT2D eigenvalue weighted by atomic mass is 35.5. The molecule has 0 aliphatic heterocycles. The van der Waals surface area contributed by atoms with Crippen LogP contribution in [-0.4, -0.2) is 20.5 Å². The van der Waals surface area contributed by atoms with E-state index in [1.54, 1.807) is 30.5 Å². The summed E-state index contributed by atoms with van der Waals surface area (Å²) in [4.78, 5) is 4.35. The fraction of sp³-hybridized carbons (Fsp3) is 0.0952. The number of pyridine rings is 1. The lowest BCUT2D eigenvalue weighted by Crippen LogP contribution is -2.13. The van der Waals surface area contributed by atoms with Crippen molar-refractivity contribution in [2.24, 2.45) is 0 Å². The van der Waals surface area contributed by atoms with Gasteiger partial charge in [-0.25, -0.2) is 8.42 Å². The molecule has 0 unspecified atom stereocenters. The summed E-state index contributed by atoms with van der Waals surface area (Å²) in [6.45, 7) is 1.92. The first-order valence-electron chi connectivity index (χ1n) is 8.34. The summed E-state index contributed by atoms with van der Waals surface area (Å²) in [5.74, 6) is 0.602. The van der Waals surface area contributed by atoms with E-state index in [0.717, 1.165) is 16.8 Å². The summed E-state index contributed by atoms with van der Waals surface area (Å²) in [5, 5.41) is 0. The van der Waals surface area contributed by atoms with Gasteiger partial charge in [0.1, 0.15) is 5.75 Å². The molecule has 1 heterocycles. The third-order valence-corrected chi connectivity index (χ3v) is 5.33. The van der Waals surface area contributed by atoms with Gasteiger partial charge in [-0.05, 0) is 60.5 Å². The van der Waals surface area contributed by atoms with Crippen LogP contribution in [-0.2, 0) is 10.0 Å². The number of ether oxygens (including phenoxy) is 1. The standard InChI is InChI=1S/C21H20N2O3S.ClH/c1-16-15-17(13-14-22-16)7-8-18-5-3-4-6-21(18)23-27(24,25)20-11-9-19(26-2)10-12-20;/h3-15,23H,1-2H3;1H/b8-7+;. The molecule has 0 radical (unpaired) electrons. The summed E-state index contributed by atoms with van der Waals surface area (Å²) in [6.07, 6.45) is 5.54. The highest BCUT2D eigenvalue weighted by molar-refractivity contribution is 7.92. The lowest BCUT2D eigenvalue weighted by atomic mass is 10.1. The average molecular weight is 417 g/mol. The van der Waals surface area contributed by atoms with Gasteiger partial charge in [-0.15, -0.1) is 12.4 Å². The molecular weight excluding hydrogens is 396 g/mol. The number of para-hydroxylation sites is 1. The van der Waals surface area contributed by atoms with Crippen LogP contribution in [0.25, 0.3) is 12.2 Å². The summed E-state index contributed by atoms with van der Waals surface area (Å²) in [5.41, 5.74) is 3.19. The van der Waals surface area contributed by atoms with Gasteiger partial charge in [0.2, 0.25) is 0 Å². The first-order valence-corrected chi connectivity index (χ1v) is 9.83. The predicted molar refractivity (Wildman–Crippen MR) is 115 cm³/mol. The number of anilines is 1. The van der Waals surface area contributed by atoms with Gasteiger partial charge < -0.3 is 4.74 Å². The normalized spacial score (nSPS) is 11.1. The molecule has 1 aromatic heterocycles. The minimum atomic E-state index is -3.70. The zero-order valence-electron chi connectivity index (χ0n) is 15.5. The molecule has 5 nitrogen and oxygen atoms in total. The van der Waals surface area contributed by atoms with Crippen molar-refractivity contribution in [1.29, 1.82) is 0 Å². The van der Waals surface area contributed by atoms with Crippen molar-refractivity contribution in [3.8, 4) is 5.75 Å². The minimum absolute atomic E-state index is 0. The maximum absolute atomic E-state index is 12.7. The monoisotopic (exact) mass is 416 g/mol. The molecule has 0 fully saturated rings. The van der Waals surface area contributed by atoms with Crippen molar-refractivity contribution in [1.82, 2.24) is 4.98 Å². The molecule has 0 atom stereocenters. The Balaban J connectivity index is 0.00000280. The Hall–Kier alpha value is -2.83. The predicted octanol–water partition coefficient (Wildman–Crippen LogP) is 4.79. The second-order valence-electron chi connectivity index (χ2n) is 5.93. The van der Waals surface area contributed by atoms with E-state index in [2.05, 4.69) is 9.71 Å². The van der Waals surface area contributed by atoms with Crippen LogP contribution in [0.1, 0.15) is 16.8 Å². The number of sulfonamides is 1. The van der Waals surface area contributed by atoms with Crippen molar-refractivity contribution >= 4 is 40.3 Å². The van der Waals surface area contributed by atoms with E-state index in [1.165, 1.54) is 19.2 Å². The number of hydrogen-bond donors (Lipinski definition) is 1. The van der Waals surface area contributed by atoms with Gasteiger partial charge >= 0.3 is 0 Å². The fourth-order valence-corrected chi connectivity index (χ4v) is 3.64. The Morgan fingerprint density at radius 2 is 1.71 bits per heavy atom. The summed E-state index contributed by atoms with van der Waals surface area (Å²) < 4.78 is 33.1. The molecule has 0 saturated carbocycles. The molecule has 0 amide bonds. The Morgan fingerprint density at radius 1 is 1.00 bits per heavy atom. The Bertz CT molecular complexity index is 1070. The number of halogens is 1. The highest BCUT2D eigenvalue weighted by Crippen LogP contribution is 2.23. The third kappa shape index (κ3) is 5.34. The first-order chi connectivity index (χ1) is 13.0. The average Bonchev–Trinajstić information content (AvgIpc) is 2.67. The maximum atomic E-state index is 12.7. The van der Waals surface area contributed by atoms with E-state index in [1.807, 2.05) is 43.3 Å². The lowest BCUT2D eigenvalue weighted by molar-refractivity contribution is 0.414. The third-order valence-electron chi connectivity index (χ3n) is 3.95. The van der Waals surface area contributed by atoms with Crippen LogP contribution >= 0.6 is 12.4 Å². The molecule has 0 aliphatic rings. The Kier molecular flexibility index (Phi) is 7.20. The molecule has 28 heavy (non-hydrogen) atoms. The highest BCUT2D eigenvalue weighted by Gasteiger charge is 2.15. The quantitative estimate of drug-likeness (QED) is 0.627. The van der Waals surface area contributed by atoms with Gasteiger partial charge in [-0.1, -0.05) is 30.4 Å². The molecule has 0 bridgehead atoms. The second kappa shape index (κ2) is 9.39. The SMILES string of the molecule is COc1ccc(S(=O)(=O)Nc2ccccc2/C=C/c2ccnc(C)c2)cc1.Cl. The molecule has 3 rings (SSSR count). The van der Waals surface area contributed by atoms with Crippen molar-refractivity contribution in [3.05, 3.63) is 83.7 Å². The van der Waals surface area contributed by atoms with Gasteiger partial charge in [0.05, 0.1) is 17.7 Å². The van der Waals surface area contributed by atoms with Gasteiger partial charge in [0.15, 0.2) is 0 Å². The van der Waals surface area contributed by atoms with Gasteiger partial charge in [0.25, 0.3) is 10.0 Å². The van der Waals surface area contributed by atoms with Gasteiger partial charge in [-0.2, -0.15) is 0 Å². The molecule has 0 aliphatic carbocycles. The molecular formula is C21H21ClN2O3S. The molecule has 0 spiro atoms. The summed E-state index contributed by atoms with van der Waals surface area (Å²) >= 11 is 0. The van der Waals surface area contributed by atoms with Gasteiger partial charge in [-0.3, -0.25) is 9.71 Å². The number of aryl methyl sites for hydroxylation is 1. The number of nitrogens with one attached hydrogen (secondary N) is 1. The largest absolute Gasteiger partial charge is 0.497 e. The van der Waals surface area contributed by atoms with Crippen molar-refractivity contribution < 1.29 is 13.2 Å². The lowest BCUT2D eigenvalue weighted by Gasteiger charge is -2.11. The maximum Gasteiger partial charge on any atom is 0.261 e. The smallest absolute Gasteiger partial charge is 0.261 e. The van der Waals surface area contributed by atoms with E-state index >= 15 is 0 Å². The zero-order chi connectivity index (χ0) is 19.3. The van der Waals surface area contributed by atoms with Crippen molar-refractivity contribution in [2.45, 2.75) is 11.8 Å². The van der Waals surface area contributed by atoms with Crippen LogP contribution in [0.5, 0.6) is 5.75 Å². The van der Waals surface area contributed by atoms with E-state index in [-0.39, 0.29) is 17.3 Å². The van der Waals surface area contributed by atoms with Crippen LogP contribution in [0.2, 0.25) is 0 Å². The Labute approximate surface area is 171 Å². The van der Waals surface area contributed by atoms with Crippen LogP contribution < -0.4 is 9.46 Å². The van der Waals surface area contributed by atoms with Crippen LogP contribution in [0, 0.1) is 6.92 Å². The minimum Gasteiger partial charge on any atom is -0.497 e. The Morgan fingerprint density at radius 3 is 2.39 bits per heavy atom. The molecule has 3 aromatic rings. The van der Waals surface area contributed by atoms with E-state index in [9.17, 15) is 8.42 Å². The molecule has 0 saturated heterocycles. The van der Waals surface area contributed by atoms with Crippen molar-refractivity contribution in [2.75, 3.05) is 11.8 Å². The number of rotatable bonds is 6. The van der Waals surface area contributed by atoms with E-state index in [0.29, 0.717) is 11.4 Å². The number of methoxy groups -OCH3 is 1. The number of benzene rings is 2. The van der Waals surface area contributed by atoms with Crippen LogP contribution in [0.15, 0.2) is 71.8 Å². The fourth-order valence-electron chi connectivity index (χ4n) is 2.55.